The molecule has 3 rings (SSSR count). The minimum absolute atomic E-state index is 0.225. The third kappa shape index (κ3) is 4.00. The first-order valence-corrected chi connectivity index (χ1v) is 8.44. The van der Waals surface area contributed by atoms with Crippen LogP contribution in [0.1, 0.15) is 18.4 Å². The Morgan fingerprint density at radius 2 is 1.73 bits per heavy atom. The highest BCUT2D eigenvalue weighted by Crippen LogP contribution is 2.19. The summed E-state index contributed by atoms with van der Waals surface area (Å²) >= 11 is 5.88. The number of hydrogen-bond acceptors (Lipinski definition) is 3. The molecule has 1 aromatic rings. The van der Waals surface area contributed by atoms with Gasteiger partial charge in [-0.15, -0.1) is 0 Å². The van der Waals surface area contributed by atoms with Gasteiger partial charge in [0.1, 0.15) is 0 Å². The second-order valence-corrected chi connectivity index (χ2v) is 6.50. The highest BCUT2D eigenvalue weighted by Gasteiger charge is 2.27. The van der Waals surface area contributed by atoms with E-state index in [9.17, 15) is 4.79 Å². The minimum atomic E-state index is 0.225. The number of benzene rings is 1. The van der Waals surface area contributed by atoms with Gasteiger partial charge in [0.2, 0.25) is 5.91 Å². The number of amides is 1. The van der Waals surface area contributed by atoms with E-state index in [0.717, 1.165) is 57.8 Å². The van der Waals surface area contributed by atoms with Gasteiger partial charge >= 0.3 is 0 Å². The second-order valence-electron chi connectivity index (χ2n) is 6.06. The van der Waals surface area contributed by atoms with Crippen molar-refractivity contribution in [3.63, 3.8) is 0 Å². The fraction of sp³-hybridized carbons (Fsp3) is 0.588. The molecule has 5 heteroatoms. The van der Waals surface area contributed by atoms with Gasteiger partial charge in [0.25, 0.3) is 0 Å². The molecule has 0 aliphatic carbocycles. The Balaban J connectivity index is 1.48. The van der Waals surface area contributed by atoms with E-state index in [2.05, 4.69) is 4.90 Å². The van der Waals surface area contributed by atoms with E-state index in [1.54, 1.807) is 0 Å². The molecule has 0 aromatic heterocycles. The lowest BCUT2D eigenvalue weighted by Gasteiger charge is -2.40. The molecule has 1 amide bonds. The Labute approximate surface area is 137 Å². The number of morpholine rings is 1. The molecule has 120 valence electrons. The number of nitrogens with zero attached hydrogens (tertiary/aromatic N) is 2. The molecule has 0 bridgehead atoms. The molecule has 2 heterocycles. The first-order chi connectivity index (χ1) is 10.7. The molecule has 2 saturated heterocycles. The standard InChI is InChI=1S/C17H23ClN2O2/c18-15-3-1-14(2-4-15)13-17(21)20-7-5-16(6-8-20)19-9-11-22-12-10-19/h1-4,16H,5-13H2. The first-order valence-electron chi connectivity index (χ1n) is 8.06. The average Bonchev–Trinajstić information content (AvgIpc) is 2.58. The lowest BCUT2D eigenvalue weighted by molar-refractivity contribution is -0.132. The van der Waals surface area contributed by atoms with Crippen molar-refractivity contribution in [1.82, 2.24) is 9.80 Å². The quantitative estimate of drug-likeness (QED) is 0.855. The van der Waals surface area contributed by atoms with Gasteiger partial charge in [0, 0.05) is 37.2 Å². The molecule has 2 aliphatic heterocycles. The third-order valence-electron chi connectivity index (χ3n) is 4.65. The molecule has 22 heavy (non-hydrogen) atoms. The highest BCUT2D eigenvalue weighted by molar-refractivity contribution is 6.30. The minimum Gasteiger partial charge on any atom is -0.379 e. The maximum absolute atomic E-state index is 12.4. The van der Waals surface area contributed by atoms with Crippen LogP contribution in [0, 0.1) is 0 Å². The number of carbonyl (C=O) groups excluding carboxylic acids is 1. The predicted octanol–water partition coefficient (Wildman–Crippen LogP) is 2.21. The van der Waals surface area contributed by atoms with Crippen LogP contribution in [0.2, 0.25) is 5.02 Å². The zero-order valence-corrected chi connectivity index (χ0v) is 13.6. The summed E-state index contributed by atoms with van der Waals surface area (Å²) in [6.07, 6.45) is 2.62. The summed E-state index contributed by atoms with van der Waals surface area (Å²) in [5, 5.41) is 0.711. The number of likely N-dealkylation sites (tertiary alicyclic amines) is 1. The summed E-state index contributed by atoms with van der Waals surface area (Å²) < 4.78 is 5.41. The Hall–Kier alpha value is -1.10. The van der Waals surface area contributed by atoms with Crippen LogP contribution in [0.3, 0.4) is 0 Å². The molecule has 0 saturated carbocycles. The summed E-state index contributed by atoms with van der Waals surface area (Å²) in [6.45, 7) is 5.49. The van der Waals surface area contributed by atoms with Crippen LogP contribution < -0.4 is 0 Å². The normalized spacial score (nSPS) is 21.0. The monoisotopic (exact) mass is 322 g/mol. The van der Waals surface area contributed by atoms with Crippen molar-refractivity contribution in [3.8, 4) is 0 Å². The topological polar surface area (TPSA) is 32.8 Å². The Morgan fingerprint density at radius 1 is 1.09 bits per heavy atom. The van der Waals surface area contributed by atoms with E-state index in [0.29, 0.717) is 17.5 Å². The molecule has 2 aliphatic rings. The van der Waals surface area contributed by atoms with E-state index in [4.69, 9.17) is 16.3 Å². The smallest absolute Gasteiger partial charge is 0.226 e. The van der Waals surface area contributed by atoms with Crippen molar-refractivity contribution in [1.29, 1.82) is 0 Å². The Kier molecular flexibility index (Phi) is 5.34. The van der Waals surface area contributed by atoms with Crippen LogP contribution in [-0.2, 0) is 16.0 Å². The van der Waals surface area contributed by atoms with Crippen LogP contribution in [-0.4, -0.2) is 61.1 Å². The number of halogens is 1. The summed E-state index contributed by atoms with van der Waals surface area (Å²) in [5.74, 6) is 0.225. The lowest BCUT2D eigenvalue weighted by Crippen LogP contribution is -2.50. The highest BCUT2D eigenvalue weighted by atomic mass is 35.5. The molecule has 0 radical (unpaired) electrons. The molecular formula is C17H23ClN2O2. The van der Waals surface area contributed by atoms with Crippen molar-refractivity contribution in [2.45, 2.75) is 25.3 Å². The van der Waals surface area contributed by atoms with Gasteiger partial charge in [-0.1, -0.05) is 23.7 Å². The molecule has 0 spiro atoms. The summed E-state index contributed by atoms with van der Waals surface area (Å²) in [5.41, 5.74) is 1.03. The van der Waals surface area contributed by atoms with Crippen molar-refractivity contribution in [2.24, 2.45) is 0 Å². The second kappa shape index (κ2) is 7.44. The van der Waals surface area contributed by atoms with Gasteiger partial charge in [0.05, 0.1) is 19.6 Å². The van der Waals surface area contributed by atoms with Crippen LogP contribution >= 0.6 is 11.6 Å². The van der Waals surface area contributed by atoms with Gasteiger partial charge in [-0.05, 0) is 30.5 Å². The van der Waals surface area contributed by atoms with E-state index < -0.39 is 0 Å². The molecule has 0 N–H and O–H groups in total. The summed E-state index contributed by atoms with van der Waals surface area (Å²) in [6, 6.07) is 8.16. The SMILES string of the molecule is O=C(Cc1ccc(Cl)cc1)N1CCC(N2CCOCC2)CC1. The number of rotatable bonds is 3. The summed E-state index contributed by atoms with van der Waals surface area (Å²) in [4.78, 5) is 16.9. The lowest BCUT2D eigenvalue weighted by atomic mass is 10.0. The first kappa shape index (κ1) is 15.8. The number of hydrogen-bond donors (Lipinski definition) is 0. The van der Waals surface area contributed by atoms with Crippen molar-refractivity contribution in [2.75, 3.05) is 39.4 Å². The van der Waals surface area contributed by atoms with Gasteiger partial charge < -0.3 is 9.64 Å². The fourth-order valence-corrected chi connectivity index (χ4v) is 3.44. The van der Waals surface area contributed by atoms with Crippen LogP contribution in [0.4, 0.5) is 0 Å². The number of carbonyl (C=O) groups is 1. The van der Waals surface area contributed by atoms with Crippen LogP contribution in [0.5, 0.6) is 0 Å². The van der Waals surface area contributed by atoms with E-state index >= 15 is 0 Å². The molecule has 0 unspecified atom stereocenters. The molecule has 2 fully saturated rings. The Morgan fingerprint density at radius 3 is 2.36 bits per heavy atom. The van der Waals surface area contributed by atoms with E-state index in [-0.39, 0.29) is 5.91 Å². The summed E-state index contributed by atoms with van der Waals surface area (Å²) in [7, 11) is 0. The van der Waals surface area contributed by atoms with Gasteiger partial charge in [-0.2, -0.15) is 0 Å². The zero-order chi connectivity index (χ0) is 15.4. The van der Waals surface area contributed by atoms with Crippen molar-refractivity contribution in [3.05, 3.63) is 34.9 Å². The molecule has 4 nitrogen and oxygen atoms in total. The van der Waals surface area contributed by atoms with Gasteiger partial charge in [-0.25, -0.2) is 0 Å². The zero-order valence-electron chi connectivity index (χ0n) is 12.8. The van der Waals surface area contributed by atoms with Crippen molar-refractivity contribution >= 4 is 17.5 Å². The Bertz CT molecular complexity index is 492. The van der Waals surface area contributed by atoms with Crippen molar-refractivity contribution < 1.29 is 9.53 Å². The molecule has 0 atom stereocenters. The molecule has 1 aromatic carbocycles. The van der Waals surface area contributed by atoms with Crippen LogP contribution in [0.25, 0.3) is 0 Å². The predicted molar refractivity (Wildman–Crippen MR) is 87.2 cm³/mol. The van der Waals surface area contributed by atoms with Crippen LogP contribution in [0.15, 0.2) is 24.3 Å². The molecular weight excluding hydrogens is 300 g/mol. The van der Waals surface area contributed by atoms with E-state index in [1.807, 2.05) is 29.2 Å². The largest absolute Gasteiger partial charge is 0.379 e. The van der Waals surface area contributed by atoms with Gasteiger partial charge in [0.15, 0.2) is 0 Å². The fourth-order valence-electron chi connectivity index (χ4n) is 3.31. The number of piperidine rings is 1. The maximum atomic E-state index is 12.4. The average molecular weight is 323 g/mol. The van der Waals surface area contributed by atoms with E-state index in [1.165, 1.54) is 0 Å². The third-order valence-corrected chi connectivity index (χ3v) is 4.90. The van der Waals surface area contributed by atoms with Gasteiger partial charge in [-0.3, -0.25) is 9.69 Å². The maximum Gasteiger partial charge on any atom is 0.226 e. The number of ether oxygens (including phenoxy) is 1.